The van der Waals surface area contributed by atoms with Gasteiger partial charge in [-0.2, -0.15) is 0 Å². The molecular weight excluding hydrogens is 385 g/mol. The topological polar surface area (TPSA) is 81.7 Å². The van der Waals surface area contributed by atoms with Gasteiger partial charge in [0.2, 0.25) is 10.0 Å². The van der Waals surface area contributed by atoms with Gasteiger partial charge in [-0.05, 0) is 67.8 Å². The van der Waals surface area contributed by atoms with Gasteiger partial charge in [-0.1, -0.05) is 6.07 Å². The molecule has 0 aliphatic rings. The van der Waals surface area contributed by atoms with Crippen molar-refractivity contribution in [1.82, 2.24) is 4.72 Å². The van der Waals surface area contributed by atoms with Crippen LogP contribution in [0.4, 0.5) is 4.39 Å². The number of ether oxygens (including phenoxy) is 2. The summed E-state index contributed by atoms with van der Waals surface area (Å²) in [6.07, 6.45) is 0.410. The molecule has 0 atom stereocenters. The third-order valence-electron chi connectivity index (χ3n) is 4.07. The van der Waals surface area contributed by atoms with Crippen LogP contribution in [0.3, 0.4) is 0 Å². The van der Waals surface area contributed by atoms with Gasteiger partial charge in [-0.25, -0.2) is 17.5 Å². The summed E-state index contributed by atoms with van der Waals surface area (Å²) in [6.45, 7) is 4.11. The molecule has 0 amide bonds. The summed E-state index contributed by atoms with van der Waals surface area (Å²) in [7, 11) is -3.60. The smallest absolute Gasteiger partial charge is 0.305 e. The zero-order valence-electron chi connectivity index (χ0n) is 15.9. The Kier molecular flexibility index (Phi) is 7.95. The number of aryl methyl sites for hydroxylation is 2. The first-order valence-electron chi connectivity index (χ1n) is 8.89. The standard InChI is InChI=1S/C20H24FNO5S/c1-15-5-10-19(14-16(15)2)28(24,25)22-11-3-4-20(23)27-13-12-26-18-8-6-17(21)7-9-18/h5-10,14,22H,3-4,11-13H2,1-2H3. The zero-order valence-corrected chi connectivity index (χ0v) is 16.7. The summed E-state index contributed by atoms with van der Waals surface area (Å²) in [4.78, 5) is 11.9. The first kappa shape index (κ1) is 21.8. The van der Waals surface area contributed by atoms with Crippen molar-refractivity contribution in [3.8, 4) is 5.75 Å². The highest BCUT2D eigenvalue weighted by atomic mass is 32.2. The quantitative estimate of drug-likeness (QED) is 0.482. The van der Waals surface area contributed by atoms with E-state index in [1.807, 2.05) is 13.8 Å². The molecule has 2 aromatic rings. The second-order valence-corrected chi connectivity index (χ2v) is 8.04. The number of esters is 1. The molecule has 0 aliphatic heterocycles. The highest BCUT2D eigenvalue weighted by molar-refractivity contribution is 7.89. The largest absolute Gasteiger partial charge is 0.490 e. The lowest BCUT2D eigenvalue weighted by Crippen LogP contribution is -2.25. The minimum absolute atomic E-state index is 0.0601. The SMILES string of the molecule is Cc1ccc(S(=O)(=O)NCCCC(=O)OCCOc2ccc(F)cc2)cc1C. The fourth-order valence-electron chi connectivity index (χ4n) is 2.32. The Labute approximate surface area is 164 Å². The van der Waals surface area contributed by atoms with E-state index in [4.69, 9.17) is 9.47 Å². The third-order valence-corrected chi connectivity index (χ3v) is 5.53. The van der Waals surface area contributed by atoms with Crippen LogP contribution >= 0.6 is 0 Å². The van der Waals surface area contributed by atoms with Gasteiger partial charge < -0.3 is 9.47 Å². The van der Waals surface area contributed by atoms with Crippen molar-refractivity contribution in [1.29, 1.82) is 0 Å². The molecule has 0 spiro atoms. The second kappa shape index (κ2) is 10.2. The van der Waals surface area contributed by atoms with E-state index < -0.39 is 16.0 Å². The molecular formula is C20H24FNO5S. The summed E-state index contributed by atoms with van der Waals surface area (Å²) < 4.78 is 50.1. The number of carbonyl (C=O) groups excluding carboxylic acids is 1. The summed E-state index contributed by atoms with van der Waals surface area (Å²) in [5, 5.41) is 0. The van der Waals surface area contributed by atoms with E-state index >= 15 is 0 Å². The lowest BCUT2D eigenvalue weighted by molar-refractivity contribution is -0.144. The van der Waals surface area contributed by atoms with Gasteiger partial charge in [0.1, 0.15) is 24.8 Å². The molecule has 152 valence electrons. The second-order valence-electron chi connectivity index (χ2n) is 6.27. The van der Waals surface area contributed by atoms with Crippen molar-refractivity contribution in [3.05, 3.63) is 59.4 Å². The number of carbonyl (C=O) groups is 1. The lowest BCUT2D eigenvalue weighted by Gasteiger charge is -2.09. The van der Waals surface area contributed by atoms with Crippen LogP contribution in [-0.4, -0.2) is 34.1 Å². The Bertz CT molecular complexity index is 897. The summed E-state index contributed by atoms with van der Waals surface area (Å²) in [6, 6.07) is 10.5. The lowest BCUT2D eigenvalue weighted by atomic mass is 10.1. The first-order valence-corrected chi connectivity index (χ1v) is 10.4. The van der Waals surface area contributed by atoms with E-state index in [1.165, 1.54) is 24.3 Å². The van der Waals surface area contributed by atoms with Gasteiger partial charge in [-0.3, -0.25) is 4.79 Å². The minimum atomic E-state index is -3.60. The summed E-state index contributed by atoms with van der Waals surface area (Å²) in [5.41, 5.74) is 1.92. The van der Waals surface area contributed by atoms with Crippen molar-refractivity contribution < 1.29 is 27.1 Å². The third kappa shape index (κ3) is 6.94. The number of hydrogen-bond donors (Lipinski definition) is 1. The van der Waals surface area contributed by atoms with Gasteiger partial charge in [0, 0.05) is 13.0 Å². The van der Waals surface area contributed by atoms with Crippen molar-refractivity contribution >= 4 is 16.0 Å². The van der Waals surface area contributed by atoms with Crippen LogP contribution in [0.2, 0.25) is 0 Å². The van der Waals surface area contributed by atoms with Crippen LogP contribution in [0.15, 0.2) is 47.4 Å². The first-order chi connectivity index (χ1) is 13.3. The van der Waals surface area contributed by atoms with Crippen molar-refractivity contribution in [2.45, 2.75) is 31.6 Å². The van der Waals surface area contributed by atoms with Crippen LogP contribution in [0.25, 0.3) is 0 Å². The molecule has 28 heavy (non-hydrogen) atoms. The van der Waals surface area contributed by atoms with Crippen molar-refractivity contribution in [2.24, 2.45) is 0 Å². The Balaban J connectivity index is 1.63. The molecule has 0 saturated carbocycles. The Morgan fingerprint density at radius 2 is 1.75 bits per heavy atom. The van der Waals surface area contributed by atoms with Gasteiger partial charge in [-0.15, -0.1) is 0 Å². The van der Waals surface area contributed by atoms with Crippen molar-refractivity contribution in [2.75, 3.05) is 19.8 Å². The molecule has 0 unspecified atom stereocenters. The van der Waals surface area contributed by atoms with Gasteiger partial charge in [0.15, 0.2) is 0 Å². The average molecular weight is 409 g/mol. The molecule has 2 aromatic carbocycles. The van der Waals surface area contributed by atoms with Crippen molar-refractivity contribution in [3.63, 3.8) is 0 Å². The number of benzene rings is 2. The van der Waals surface area contributed by atoms with Crippen LogP contribution in [-0.2, 0) is 19.6 Å². The van der Waals surface area contributed by atoms with E-state index in [2.05, 4.69) is 4.72 Å². The van der Waals surface area contributed by atoms with Gasteiger partial charge in [0.25, 0.3) is 0 Å². The molecule has 0 saturated heterocycles. The number of nitrogens with one attached hydrogen (secondary N) is 1. The monoisotopic (exact) mass is 409 g/mol. The summed E-state index contributed by atoms with van der Waals surface area (Å²) in [5.74, 6) is -0.307. The average Bonchev–Trinajstić information content (AvgIpc) is 2.66. The maximum atomic E-state index is 12.8. The number of rotatable bonds is 10. The fraction of sp³-hybridized carbons (Fsp3) is 0.350. The molecule has 0 aliphatic carbocycles. The molecule has 0 fully saturated rings. The molecule has 8 heteroatoms. The molecule has 2 rings (SSSR count). The molecule has 0 bridgehead atoms. The minimum Gasteiger partial charge on any atom is -0.490 e. The number of hydrogen-bond acceptors (Lipinski definition) is 5. The Morgan fingerprint density at radius 1 is 1.04 bits per heavy atom. The molecule has 6 nitrogen and oxygen atoms in total. The zero-order chi connectivity index (χ0) is 20.6. The molecule has 0 radical (unpaired) electrons. The summed E-state index contributed by atoms with van der Waals surface area (Å²) >= 11 is 0. The highest BCUT2D eigenvalue weighted by Gasteiger charge is 2.14. The normalized spacial score (nSPS) is 11.2. The molecule has 1 N–H and O–H groups in total. The number of halogens is 1. The van der Waals surface area contributed by atoms with Crippen LogP contribution in [0.5, 0.6) is 5.75 Å². The maximum Gasteiger partial charge on any atom is 0.305 e. The van der Waals surface area contributed by atoms with Crippen LogP contribution < -0.4 is 9.46 Å². The molecule has 0 heterocycles. The Morgan fingerprint density at radius 3 is 2.43 bits per heavy atom. The van der Waals surface area contributed by atoms with Gasteiger partial charge >= 0.3 is 5.97 Å². The van der Waals surface area contributed by atoms with E-state index in [0.717, 1.165) is 11.1 Å². The maximum absolute atomic E-state index is 12.8. The van der Waals surface area contributed by atoms with E-state index in [9.17, 15) is 17.6 Å². The predicted molar refractivity (Wildman–Crippen MR) is 103 cm³/mol. The van der Waals surface area contributed by atoms with E-state index in [0.29, 0.717) is 12.2 Å². The molecule has 0 aromatic heterocycles. The fourth-order valence-corrected chi connectivity index (χ4v) is 3.48. The highest BCUT2D eigenvalue weighted by Crippen LogP contribution is 2.14. The van der Waals surface area contributed by atoms with E-state index in [1.54, 1.807) is 18.2 Å². The predicted octanol–water partition coefficient (Wildman–Crippen LogP) is 3.12. The van der Waals surface area contributed by atoms with Crippen LogP contribution in [0, 0.1) is 19.7 Å². The van der Waals surface area contributed by atoms with Crippen LogP contribution in [0.1, 0.15) is 24.0 Å². The Hall–Kier alpha value is -2.45. The number of sulfonamides is 1. The van der Waals surface area contributed by atoms with Gasteiger partial charge in [0.05, 0.1) is 4.90 Å². The van der Waals surface area contributed by atoms with E-state index in [-0.39, 0.29) is 36.9 Å².